The summed E-state index contributed by atoms with van der Waals surface area (Å²) in [4.78, 5) is 4.18. The van der Waals surface area contributed by atoms with Gasteiger partial charge in [-0.1, -0.05) is 12.2 Å². The summed E-state index contributed by atoms with van der Waals surface area (Å²) in [5.41, 5.74) is 7.66. The molecule has 1 rings (SSSR count). The van der Waals surface area contributed by atoms with Gasteiger partial charge in [-0.15, -0.1) is 0 Å². The van der Waals surface area contributed by atoms with Gasteiger partial charge < -0.3 is 11.1 Å². The number of aryl methyl sites for hydroxylation is 1. The van der Waals surface area contributed by atoms with Gasteiger partial charge in [0.25, 0.3) is 0 Å². The molecule has 14 heavy (non-hydrogen) atoms. The molecule has 3 N–H and O–H groups in total. The molecule has 3 nitrogen and oxygen atoms in total. The zero-order chi connectivity index (χ0) is 10.4. The van der Waals surface area contributed by atoms with Crippen LogP contribution < -0.4 is 11.1 Å². The molecule has 0 spiro atoms. The number of anilines is 2. The summed E-state index contributed by atoms with van der Waals surface area (Å²) in [7, 11) is 0. The highest BCUT2D eigenvalue weighted by Crippen LogP contribution is 2.18. The number of nitrogens with zero attached hydrogens (tertiary/aromatic N) is 1. The minimum atomic E-state index is 0.743. The lowest BCUT2D eigenvalue weighted by Crippen LogP contribution is -2.06. The van der Waals surface area contributed by atoms with Crippen molar-refractivity contribution in [3.63, 3.8) is 0 Å². The molecule has 0 saturated carbocycles. The smallest absolute Gasteiger partial charge is 0.149 e. The highest BCUT2D eigenvalue weighted by molar-refractivity contribution is 5.64. The first kappa shape index (κ1) is 10.6. The van der Waals surface area contributed by atoms with Crippen LogP contribution in [0, 0.1) is 6.92 Å². The van der Waals surface area contributed by atoms with Crippen molar-refractivity contribution in [2.24, 2.45) is 0 Å². The Hall–Kier alpha value is -1.51. The first-order chi connectivity index (χ1) is 6.75. The fourth-order valence-corrected chi connectivity index (χ4v) is 1.15. The molecule has 0 unspecified atom stereocenters. The molecule has 1 heterocycles. The molecule has 1 aromatic heterocycles. The number of nitrogens with one attached hydrogen (secondary N) is 1. The predicted molar refractivity (Wildman–Crippen MR) is 61.3 cm³/mol. The van der Waals surface area contributed by atoms with Crippen molar-refractivity contribution in [1.82, 2.24) is 4.98 Å². The zero-order valence-electron chi connectivity index (χ0n) is 8.75. The molecular formula is C11H17N3. The molecule has 0 fully saturated rings. The molecule has 3 heteroatoms. The Labute approximate surface area is 85.0 Å². The second-order valence-electron chi connectivity index (χ2n) is 3.17. The van der Waals surface area contributed by atoms with Crippen LogP contribution in [0.5, 0.6) is 0 Å². The van der Waals surface area contributed by atoms with Crippen molar-refractivity contribution in [3.8, 4) is 0 Å². The highest BCUT2D eigenvalue weighted by Gasteiger charge is 2.00. The molecule has 0 amide bonds. The first-order valence-electron chi connectivity index (χ1n) is 4.81. The van der Waals surface area contributed by atoms with E-state index in [9.17, 15) is 0 Å². The number of rotatable bonds is 4. The third-order valence-electron chi connectivity index (χ3n) is 2.05. The third kappa shape index (κ3) is 2.76. The van der Waals surface area contributed by atoms with Crippen molar-refractivity contribution >= 4 is 11.5 Å². The molecule has 0 aromatic carbocycles. The lowest BCUT2D eigenvalue weighted by Gasteiger charge is -2.08. The second-order valence-corrected chi connectivity index (χ2v) is 3.17. The molecule has 0 bridgehead atoms. The van der Waals surface area contributed by atoms with Crippen molar-refractivity contribution in [1.29, 1.82) is 0 Å². The Balaban J connectivity index is 2.54. The Morgan fingerprint density at radius 2 is 2.36 bits per heavy atom. The van der Waals surface area contributed by atoms with Crippen LogP contribution >= 0.6 is 0 Å². The number of nitrogen functional groups attached to an aromatic ring is 1. The van der Waals surface area contributed by atoms with Gasteiger partial charge in [-0.05, 0) is 31.9 Å². The summed E-state index contributed by atoms with van der Waals surface area (Å²) in [5.74, 6) is 0.787. The van der Waals surface area contributed by atoms with Crippen LogP contribution in [0.25, 0.3) is 0 Å². The third-order valence-corrected chi connectivity index (χ3v) is 2.05. The van der Waals surface area contributed by atoms with Crippen LogP contribution in [0.3, 0.4) is 0 Å². The van der Waals surface area contributed by atoms with Crippen molar-refractivity contribution in [2.75, 3.05) is 17.6 Å². The number of allylic oxidation sites excluding steroid dienone is 1. The summed E-state index contributed by atoms with van der Waals surface area (Å²) in [5, 5.41) is 3.20. The Morgan fingerprint density at radius 3 is 3.07 bits per heavy atom. The molecular weight excluding hydrogens is 174 g/mol. The Bertz CT molecular complexity index is 318. The number of nitrogens with two attached hydrogens (primary N) is 1. The molecule has 0 aliphatic carbocycles. The molecule has 0 aliphatic heterocycles. The monoisotopic (exact) mass is 191 g/mol. The van der Waals surface area contributed by atoms with Gasteiger partial charge >= 0.3 is 0 Å². The van der Waals surface area contributed by atoms with Gasteiger partial charge in [-0.3, -0.25) is 0 Å². The minimum Gasteiger partial charge on any atom is -0.396 e. The largest absolute Gasteiger partial charge is 0.396 e. The van der Waals surface area contributed by atoms with E-state index in [0.717, 1.165) is 30.0 Å². The van der Waals surface area contributed by atoms with E-state index >= 15 is 0 Å². The normalized spacial score (nSPS) is 10.7. The average molecular weight is 191 g/mol. The second kappa shape index (κ2) is 5.27. The maximum absolute atomic E-state index is 5.85. The van der Waals surface area contributed by atoms with Crippen LogP contribution in [0.2, 0.25) is 0 Å². The van der Waals surface area contributed by atoms with E-state index in [0.29, 0.717) is 0 Å². The van der Waals surface area contributed by atoms with Gasteiger partial charge in [0.15, 0.2) is 0 Å². The number of pyridine rings is 1. The van der Waals surface area contributed by atoms with Crippen molar-refractivity contribution < 1.29 is 0 Å². The fourth-order valence-electron chi connectivity index (χ4n) is 1.15. The molecule has 76 valence electrons. The van der Waals surface area contributed by atoms with E-state index in [4.69, 9.17) is 5.73 Å². The molecule has 0 aliphatic rings. The van der Waals surface area contributed by atoms with Gasteiger partial charge in [0, 0.05) is 12.7 Å². The van der Waals surface area contributed by atoms with E-state index in [1.54, 1.807) is 6.20 Å². The number of hydrogen-bond donors (Lipinski definition) is 2. The lowest BCUT2D eigenvalue weighted by molar-refractivity contribution is 1.04. The van der Waals surface area contributed by atoms with Crippen LogP contribution in [0.15, 0.2) is 24.4 Å². The summed E-state index contributed by atoms with van der Waals surface area (Å²) in [6.07, 6.45) is 6.91. The summed E-state index contributed by atoms with van der Waals surface area (Å²) >= 11 is 0. The van der Waals surface area contributed by atoms with Crippen LogP contribution in [0.4, 0.5) is 11.5 Å². The zero-order valence-corrected chi connectivity index (χ0v) is 8.75. The van der Waals surface area contributed by atoms with Crippen LogP contribution in [-0.4, -0.2) is 11.5 Å². The van der Waals surface area contributed by atoms with Crippen LogP contribution in [0.1, 0.15) is 18.9 Å². The quantitative estimate of drug-likeness (QED) is 0.567. The molecule has 0 saturated heterocycles. The highest BCUT2D eigenvalue weighted by atomic mass is 15.0. The van der Waals surface area contributed by atoms with Crippen molar-refractivity contribution in [3.05, 3.63) is 30.0 Å². The number of hydrogen-bond acceptors (Lipinski definition) is 3. The van der Waals surface area contributed by atoms with Gasteiger partial charge in [0.1, 0.15) is 5.82 Å². The average Bonchev–Trinajstić information content (AvgIpc) is 2.19. The fraction of sp³-hybridized carbons (Fsp3) is 0.364. The van der Waals surface area contributed by atoms with Crippen molar-refractivity contribution in [2.45, 2.75) is 20.3 Å². The minimum absolute atomic E-state index is 0.743. The summed E-state index contributed by atoms with van der Waals surface area (Å²) < 4.78 is 0. The molecule has 1 aromatic rings. The van der Waals surface area contributed by atoms with Gasteiger partial charge in [-0.25, -0.2) is 4.98 Å². The maximum atomic E-state index is 5.85. The van der Waals surface area contributed by atoms with Crippen LogP contribution in [-0.2, 0) is 0 Å². The van der Waals surface area contributed by atoms with E-state index in [1.807, 2.05) is 26.0 Å². The van der Waals surface area contributed by atoms with Gasteiger partial charge in [0.05, 0.1) is 5.69 Å². The summed E-state index contributed by atoms with van der Waals surface area (Å²) in [6.45, 7) is 4.86. The van der Waals surface area contributed by atoms with Gasteiger partial charge in [-0.2, -0.15) is 0 Å². The Morgan fingerprint density at radius 1 is 1.57 bits per heavy atom. The standard InChI is InChI=1S/C11H17N3/c1-3-4-5-7-13-11-10(12)9(2)6-8-14-11/h3-4,6,8H,5,7,12H2,1-2H3,(H,13,14)/b4-3+. The van der Waals surface area contributed by atoms with E-state index < -0.39 is 0 Å². The lowest BCUT2D eigenvalue weighted by atomic mass is 10.2. The molecule has 0 atom stereocenters. The predicted octanol–water partition coefficient (Wildman–Crippen LogP) is 2.35. The van der Waals surface area contributed by atoms with E-state index in [-0.39, 0.29) is 0 Å². The topological polar surface area (TPSA) is 50.9 Å². The number of aromatic nitrogens is 1. The SMILES string of the molecule is C/C=C/CCNc1nccc(C)c1N. The van der Waals surface area contributed by atoms with Gasteiger partial charge in [0.2, 0.25) is 0 Å². The van der Waals surface area contributed by atoms with E-state index in [1.165, 1.54) is 0 Å². The molecule has 0 radical (unpaired) electrons. The Kier molecular flexibility index (Phi) is 3.98. The van der Waals surface area contributed by atoms with E-state index in [2.05, 4.69) is 16.4 Å². The first-order valence-corrected chi connectivity index (χ1v) is 4.81. The summed E-state index contributed by atoms with van der Waals surface area (Å²) in [6, 6.07) is 1.91. The maximum Gasteiger partial charge on any atom is 0.149 e.